The molecule has 0 aromatic rings. The van der Waals surface area contributed by atoms with E-state index in [0.29, 0.717) is 45.7 Å². The monoisotopic (exact) mass is 259 g/mol. The van der Waals surface area contributed by atoms with E-state index in [4.69, 9.17) is 15.6 Å². The molecule has 1 rings (SSSR count). The Hall–Kier alpha value is -1.34. The number of carboxylic acids is 1. The Morgan fingerprint density at radius 2 is 2.00 bits per heavy atom. The molecule has 7 nitrogen and oxygen atoms in total. The molecule has 0 spiro atoms. The first-order valence-electron chi connectivity index (χ1n) is 6.21. The Balaban J connectivity index is 2.38. The lowest BCUT2D eigenvalue weighted by Crippen LogP contribution is -2.51. The van der Waals surface area contributed by atoms with Crippen LogP contribution in [0.5, 0.6) is 0 Å². The quantitative estimate of drug-likeness (QED) is 0.563. The lowest BCUT2D eigenvalue weighted by molar-refractivity contribution is -0.139. The fourth-order valence-corrected chi connectivity index (χ4v) is 1.76. The fraction of sp³-hybridized carbons (Fsp3) is 0.818. The molecule has 0 unspecified atom stereocenters. The van der Waals surface area contributed by atoms with Crippen LogP contribution in [0.1, 0.15) is 19.3 Å². The molecule has 0 saturated carbocycles. The second kappa shape index (κ2) is 7.88. The number of aliphatic carboxylic acids is 1. The lowest BCUT2D eigenvalue weighted by Gasteiger charge is -2.28. The van der Waals surface area contributed by atoms with Crippen LogP contribution < -0.4 is 11.1 Å². The number of carbonyl (C=O) groups is 2. The van der Waals surface area contributed by atoms with Crippen LogP contribution in [-0.4, -0.2) is 60.9 Å². The molecule has 0 aromatic heterocycles. The van der Waals surface area contributed by atoms with E-state index < -0.39 is 12.0 Å². The summed E-state index contributed by atoms with van der Waals surface area (Å²) in [5, 5.41) is 11.6. The Labute approximate surface area is 106 Å². The average molecular weight is 259 g/mol. The Morgan fingerprint density at radius 3 is 2.56 bits per heavy atom. The van der Waals surface area contributed by atoms with Crippen molar-refractivity contribution in [2.24, 2.45) is 5.73 Å². The normalized spacial score (nSPS) is 17.3. The standard InChI is InChI=1S/C11H21N3O4/c12-4-2-1-3-9(10(15)16)13-11(17)14-5-7-18-8-6-14/h9H,1-8,12H2,(H,13,17)(H,15,16)/t9-/m0/s1. The minimum absolute atomic E-state index is 0.335. The molecule has 1 aliphatic heterocycles. The van der Waals surface area contributed by atoms with E-state index in [1.165, 1.54) is 0 Å². The zero-order valence-electron chi connectivity index (χ0n) is 10.4. The van der Waals surface area contributed by atoms with E-state index in [-0.39, 0.29) is 6.03 Å². The minimum atomic E-state index is -1.01. The molecule has 2 amide bonds. The van der Waals surface area contributed by atoms with Gasteiger partial charge in [0.15, 0.2) is 0 Å². The van der Waals surface area contributed by atoms with Crippen LogP contribution in [0.15, 0.2) is 0 Å². The minimum Gasteiger partial charge on any atom is -0.480 e. The Kier molecular flexibility index (Phi) is 6.45. The molecule has 18 heavy (non-hydrogen) atoms. The van der Waals surface area contributed by atoms with E-state index in [9.17, 15) is 9.59 Å². The van der Waals surface area contributed by atoms with Gasteiger partial charge in [0.1, 0.15) is 6.04 Å². The number of unbranched alkanes of at least 4 members (excludes halogenated alkanes) is 1. The maximum atomic E-state index is 11.8. The number of hydrogen-bond acceptors (Lipinski definition) is 4. The van der Waals surface area contributed by atoms with Crippen molar-refractivity contribution in [3.63, 3.8) is 0 Å². The maximum absolute atomic E-state index is 11.8. The van der Waals surface area contributed by atoms with Crippen molar-refractivity contribution in [1.29, 1.82) is 0 Å². The van der Waals surface area contributed by atoms with Crippen molar-refractivity contribution in [3.05, 3.63) is 0 Å². The molecule has 1 saturated heterocycles. The van der Waals surface area contributed by atoms with E-state index in [2.05, 4.69) is 5.32 Å². The highest BCUT2D eigenvalue weighted by molar-refractivity contribution is 5.82. The second-order valence-corrected chi connectivity index (χ2v) is 4.22. The van der Waals surface area contributed by atoms with Gasteiger partial charge in [-0.25, -0.2) is 9.59 Å². The number of nitrogens with one attached hydrogen (secondary N) is 1. The molecule has 0 bridgehead atoms. The van der Waals surface area contributed by atoms with E-state index in [1.54, 1.807) is 4.90 Å². The molecule has 104 valence electrons. The number of nitrogens with two attached hydrogens (primary N) is 1. The van der Waals surface area contributed by atoms with Crippen LogP contribution >= 0.6 is 0 Å². The van der Waals surface area contributed by atoms with Gasteiger partial charge >= 0.3 is 12.0 Å². The van der Waals surface area contributed by atoms with Crippen LogP contribution in [0.25, 0.3) is 0 Å². The average Bonchev–Trinajstić information content (AvgIpc) is 2.38. The van der Waals surface area contributed by atoms with Gasteiger partial charge in [-0.05, 0) is 25.8 Å². The summed E-state index contributed by atoms with van der Waals surface area (Å²) in [6.45, 7) is 2.53. The van der Waals surface area contributed by atoms with Crippen molar-refractivity contribution in [3.8, 4) is 0 Å². The number of hydrogen-bond donors (Lipinski definition) is 3. The van der Waals surface area contributed by atoms with Gasteiger partial charge in [-0.15, -0.1) is 0 Å². The SMILES string of the molecule is NCCCC[C@H](NC(=O)N1CCOCC1)C(=O)O. The number of urea groups is 1. The summed E-state index contributed by atoms with van der Waals surface area (Å²) in [5.74, 6) is -1.01. The third-order valence-electron chi connectivity index (χ3n) is 2.84. The zero-order chi connectivity index (χ0) is 13.4. The predicted molar refractivity (Wildman–Crippen MR) is 65.3 cm³/mol. The highest BCUT2D eigenvalue weighted by Crippen LogP contribution is 2.03. The van der Waals surface area contributed by atoms with Crippen LogP contribution in [-0.2, 0) is 9.53 Å². The van der Waals surface area contributed by atoms with Crippen LogP contribution in [0.4, 0.5) is 4.79 Å². The van der Waals surface area contributed by atoms with Crippen LogP contribution in [0.3, 0.4) is 0 Å². The number of amides is 2. The number of carboxylic acid groups (broad SMARTS) is 1. The summed E-state index contributed by atoms with van der Waals surface area (Å²) in [7, 11) is 0. The molecule has 1 fully saturated rings. The number of morpholine rings is 1. The zero-order valence-corrected chi connectivity index (χ0v) is 10.4. The predicted octanol–water partition coefficient (Wildman–Crippen LogP) is -0.390. The first-order chi connectivity index (χ1) is 8.65. The summed E-state index contributed by atoms with van der Waals surface area (Å²) < 4.78 is 5.13. The van der Waals surface area contributed by atoms with Gasteiger partial charge < -0.3 is 25.8 Å². The number of nitrogens with zero attached hydrogens (tertiary/aromatic N) is 1. The summed E-state index contributed by atoms with van der Waals surface area (Å²) in [6.07, 6.45) is 1.86. The van der Waals surface area contributed by atoms with Crippen molar-refractivity contribution >= 4 is 12.0 Å². The summed E-state index contributed by atoms with van der Waals surface area (Å²) >= 11 is 0. The fourth-order valence-electron chi connectivity index (χ4n) is 1.76. The van der Waals surface area contributed by atoms with Crippen molar-refractivity contribution in [1.82, 2.24) is 10.2 Å². The van der Waals surface area contributed by atoms with Crippen LogP contribution in [0, 0.1) is 0 Å². The molecule has 1 atom stereocenters. The van der Waals surface area contributed by atoms with Gasteiger partial charge in [-0.1, -0.05) is 0 Å². The smallest absolute Gasteiger partial charge is 0.326 e. The molecule has 1 aliphatic rings. The summed E-state index contributed by atoms with van der Waals surface area (Å²) in [5.41, 5.74) is 5.35. The lowest BCUT2D eigenvalue weighted by atomic mass is 10.1. The van der Waals surface area contributed by atoms with Gasteiger partial charge in [0.2, 0.25) is 0 Å². The van der Waals surface area contributed by atoms with Crippen molar-refractivity contribution < 1.29 is 19.4 Å². The number of rotatable bonds is 6. The Morgan fingerprint density at radius 1 is 1.33 bits per heavy atom. The van der Waals surface area contributed by atoms with Gasteiger partial charge in [0.05, 0.1) is 13.2 Å². The van der Waals surface area contributed by atoms with Gasteiger partial charge in [0.25, 0.3) is 0 Å². The van der Waals surface area contributed by atoms with Gasteiger partial charge in [0, 0.05) is 13.1 Å². The van der Waals surface area contributed by atoms with E-state index in [0.717, 1.165) is 6.42 Å². The maximum Gasteiger partial charge on any atom is 0.326 e. The molecule has 0 aromatic carbocycles. The first-order valence-corrected chi connectivity index (χ1v) is 6.21. The number of ether oxygens (including phenoxy) is 1. The topological polar surface area (TPSA) is 105 Å². The summed E-state index contributed by atoms with van der Waals surface area (Å²) in [4.78, 5) is 24.4. The van der Waals surface area contributed by atoms with Gasteiger partial charge in [-0.2, -0.15) is 0 Å². The number of carbonyl (C=O) groups excluding carboxylic acids is 1. The molecule has 0 radical (unpaired) electrons. The van der Waals surface area contributed by atoms with Crippen LogP contribution in [0.2, 0.25) is 0 Å². The molecule has 1 heterocycles. The Bertz CT molecular complexity index is 279. The van der Waals surface area contributed by atoms with E-state index in [1.807, 2.05) is 0 Å². The molecule has 7 heteroatoms. The van der Waals surface area contributed by atoms with Gasteiger partial charge in [-0.3, -0.25) is 0 Å². The van der Waals surface area contributed by atoms with Crippen molar-refractivity contribution in [2.45, 2.75) is 25.3 Å². The first kappa shape index (κ1) is 14.7. The second-order valence-electron chi connectivity index (χ2n) is 4.22. The molecular formula is C11H21N3O4. The highest BCUT2D eigenvalue weighted by Gasteiger charge is 2.23. The third kappa shape index (κ3) is 4.89. The molecule has 0 aliphatic carbocycles. The van der Waals surface area contributed by atoms with Crippen molar-refractivity contribution in [2.75, 3.05) is 32.8 Å². The molecule has 4 N–H and O–H groups in total. The highest BCUT2D eigenvalue weighted by atomic mass is 16.5. The summed E-state index contributed by atoms with van der Waals surface area (Å²) in [6, 6.07) is -1.18. The largest absolute Gasteiger partial charge is 0.480 e. The molecular weight excluding hydrogens is 238 g/mol. The third-order valence-corrected chi connectivity index (χ3v) is 2.84. The van der Waals surface area contributed by atoms with E-state index >= 15 is 0 Å².